The number of aromatic nitrogens is 3. The van der Waals surface area contributed by atoms with Gasteiger partial charge >= 0.3 is 0 Å². The van der Waals surface area contributed by atoms with Gasteiger partial charge in [-0.05, 0) is 12.1 Å². The van der Waals surface area contributed by atoms with E-state index in [1.165, 1.54) is 19.3 Å². The Kier molecular flexibility index (Phi) is 4.49. The van der Waals surface area contributed by atoms with Gasteiger partial charge in [0.25, 0.3) is 5.91 Å². The van der Waals surface area contributed by atoms with Crippen molar-refractivity contribution in [2.75, 3.05) is 11.1 Å². The van der Waals surface area contributed by atoms with Gasteiger partial charge in [0.2, 0.25) is 15.0 Å². The summed E-state index contributed by atoms with van der Waals surface area (Å²) in [6.45, 7) is 1.46. The van der Waals surface area contributed by atoms with Gasteiger partial charge in [-0.2, -0.15) is 0 Å². The molecule has 2 aromatic rings. The lowest BCUT2D eigenvalue weighted by Crippen LogP contribution is -2.18. The van der Waals surface area contributed by atoms with E-state index in [0.717, 1.165) is 6.20 Å². The fourth-order valence-corrected chi connectivity index (χ4v) is 2.29. The zero-order chi connectivity index (χ0) is 15.5. The van der Waals surface area contributed by atoms with Crippen LogP contribution in [-0.2, 0) is 9.84 Å². The van der Waals surface area contributed by atoms with Crippen LogP contribution in [-0.4, -0.2) is 35.0 Å². The first kappa shape index (κ1) is 15.3. The predicted molar refractivity (Wildman–Crippen MR) is 77.0 cm³/mol. The minimum Gasteiger partial charge on any atom is -0.320 e. The SMILES string of the molecule is CCS(=O)(=O)c1ncc(Cl)c(C(=O)Nc2ccncc2)n1. The lowest BCUT2D eigenvalue weighted by atomic mass is 10.3. The Bertz CT molecular complexity index is 765. The number of hydrogen-bond acceptors (Lipinski definition) is 6. The van der Waals surface area contributed by atoms with Gasteiger partial charge in [-0.3, -0.25) is 9.78 Å². The molecule has 0 aliphatic heterocycles. The fraction of sp³-hybridized carbons (Fsp3) is 0.167. The number of carbonyl (C=O) groups is 1. The number of halogens is 1. The molecule has 110 valence electrons. The van der Waals surface area contributed by atoms with Crippen LogP contribution in [0.25, 0.3) is 0 Å². The van der Waals surface area contributed by atoms with Crippen LogP contribution in [0.4, 0.5) is 5.69 Å². The Morgan fingerprint density at radius 3 is 2.62 bits per heavy atom. The zero-order valence-electron chi connectivity index (χ0n) is 10.9. The first-order valence-corrected chi connectivity index (χ1v) is 7.93. The number of sulfone groups is 1. The second-order valence-electron chi connectivity index (χ2n) is 3.94. The van der Waals surface area contributed by atoms with Crippen LogP contribution in [0.5, 0.6) is 0 Å². The van der Waals surface area contributed by atoms with E-state index in [1.807, 2.05) is 0 Å². The molecule has 0 fully saturated rings. The molecule has 0 radical (unpaired) electrons. The summed E-state index contributed by atoms with van der Waals surface area (Å²) in [4.78, 5) is 23.3. The topological polar surface area (TPSA) is 102 Å². The van der Waals surface area contributed by atoms with Gasteiger partial charge < -0.3 is 5.32 Å². The molecule has 1 amide bonds. The summed E-state index contributed by atoms with van der Waals surface area (Å²) in [7, 11) is -3.61. The van der Waals surface area contributed by atoms with E-state index in [4.69, 9.17) is 11.6 Å². The minimum atomic E-state index is -3.61. The van der Waals surface area contributed by atoms with Crippen molar-refractivity contribution in [3.63, 3.8) is 0 Å². The van der Waals surface area contributed by atoms with Gasteiger partial charge in [0.15, 0.2) is 5.69 Å². The van der Waals surface area contributed by atoms with E-state index in [-0.39, 0.29) is 16.5 Å². The average molecular weight is 327 g/mol. The van der Waals surface area contributed by atoms with Gasteiger partial charge in [0.05, 0.1) is 17.0 Å². The van der Waals surface area contributed by atoms with Crippen LogP contribution in [0.2, 0.25) is 5.02 Å². The molecule has 7 nitrogen and oxygen atoms in total. The van der Waals surface area contributed by atoms with Crippen molar-refractivity contribution in [1.82, 2.24) is 15.0 Å². The molecule has 0 aliphatic rings. The molecule has 2 heterocycles. The highest BCUT2D eigenvalue weighted by Gasteiger charge is 2.20. The predicted octanol–water partition coefficient (Wildman–Crippen LogP) is 1.57. The molecule has 0 saturated heterocycles. The summed E-state index contributed by atoms with van der Waals surface area (Å²) in [5.74, 6) is -0.791. The van der Waals surface area contributed by atoms with Gasteiger partial charge in [-0.25, -0.2) is 18.4 Å². The smallest absolute Gasteiger partial charge is 0.275 e. The maximum Gasteiger partial charge on any atom is 0.275 e. The third-order valence-electron chi connectivity index (χ3n) is 2.53. The van der Waals surface area contributed by atoms with Gasteiger partial charge in [0.1, 0.15) is 0 Å². The molecule has 21 heavy (non-hydrogen) atoms. The van der Waals surface area contributed by atoms with Gasteiger partial charge in [-0.15, -0.1) is 0 Å². The number of carbonyl (C=O) groups excluding carboxylic acids is 1. The summed E-state index contributed by atoms with van der Waals surface area (Å²) in [6, 6.07) is 3.16. The second-order valence-corrected chi connectivity index (χ2v) is 6.52. The van der Waals surface area contributed by atoms with Crippen LogP contribution in [0.3, 0.4) is 0 Å². The summed E-state index contributed by atoms with van der Waals surface area (Å²) >= 11 is 5.86. The summed E-state index contributed by atoms with van der Waals surface area (Å²) < 4.78 is 23.5. The van der Waals surface area contributed by atoms with Crippen LogP contribution in [0.15, 0.2) is 35.9 Å². The highest BCUT2D eigenvalue weighted by Crippen LogP contribution is 2.17. The molecular weight excluding hydrogens is 316 g/mol. The molecule has 0 atom stereocenters. The summed E-state index contributed by atoms with van der Waals surface area (Å²) in [6.07, 6.45) is 4.10. The van der Waals surface area contributed by atoms with E-state index >= 15 is 0 Å². The number of hydrogen-bond donors (Lipinski definition) is 1. The highest BCUT2D eigenvalue weighted by atomic mass is 35.5. The quantitative estimate of drug-likeness (QED) is 0.856. The van der Waals surface area contributed by atoms with Crippen molar-refractivity contribution in [3.8, 4) is 0 Å². The lowest BCUT2D eigenvalue weighted by molar-refractivity contribution is 0.102. The Balaban J connectivity index is 2.35. The fourth-order valence-electron chi connectivity index (χ4n) is 1.41. The maximum absolute atomic E-state index is 12.1. The number of rotatable bonds is 4. The van der Waals surface area contributed by atoms with E-state index in [0.29, 0.717) is 5.69 Å². The number of nitrogens with zero attached hydrogens (tertiary/aromatic N) is 3. The maximum atomic E-state index is 12.1. The van der Waals surface area contributed by atoms with Crippen molar-refractivity contribution < 1.29 is 13.2 Å². The molecule has 0 spiro atoms. The van der Waals surface area contributed by atoms with E-state index in [2.05, 4.69) is 20.3 Å². The molecule has 0 bridgehead atoms. The lowest BCUT2D eigenvalue weighted by Gasteiger charge is -2.07. The van der Waals surface area contributed by atoms with Crippen LogP contribution in [0.1, 0.15) is 17.4 Å². The van der Waals surface area contributed by atoms with Gasteiger partial charge in [0, 0.05) is 18.1 Å². The molecule has 2 aromatic heterocycles. The summed E-state index contributed by atoms with van der Waals surface area (Å²) in [5, 5.41) is 2.09. The first-order valence-electron chi connectivity index (χ1n) is 5.90. The molecule has 2 rings (SSSR count). The van der Waals surface area contributed by atoms with Crippen molar-refractivity contribution in [2.45, 2.75) is 12.1 Å². The molecule has 0 unspecified atom stereocenters. The van der Waals surface area contributed by atoms with Crippen molar-refractivity contribution in [2.24, 2.45) is 0 Å². The van der Waals surface area contributed by atoms with E-state index in [1.54, 1.807) is 12.1 Å². The van der Waals surface area contributed by atoms with Crippen LogP contribution < -0.4 is 5.32 Å². The Morgan fingerprint density at radius 2 is 2.00 bits per heavy atom. The van der Waals surface area contributed by atoms with E-state index in [9.17, 15) is 13.2 Å². The third kappa shape index (κ3) is 3.53. The molecule has 9 heteroatoms. The zero-order valence-corrected chi connectivity index (χ0v) is 12.5. The molecule has 0 saturated carbocycles. The number of amides is 1. The average Bonchev–Trinajstić information content (AvgIpc) is 2.48. The van der Waals surface area contributed by atoms with Gasteiger partial charge in [-0.1, -0.05) is 18.5 Å². The normalized spacial score (nSPS) is 11.1. The number of nitrogens with one attached hydrogen (secondary N) is 1. The van der Waals surface area contributed by atoms with Crippen LogP contribution >= 0.6 is 11.6 Å². The second kappa shape index (κ2) is 6.15. The molecule has 0 aliphatic carbocycles. The van der Waals surface area contributed by atoms with Crippen LogP contribution in [0, 0.1) is 0 Å². The molecule has 1 N–H and O–H groups in total. The third-order valence-corrected chi connectivity index (χ3v) is 4.32. The Hall–Kier alpha value is -2.06. The molecular formula is C12H11ClN4O3S. The standard InChI is InChI=1S/C12H11ClN4O3S/c1-2-21(19,20)12-15-7-9(13)10(17-12)11(18)16-8-3-5-14-6-4-8/h3-7H,2H2,1H3,(H,14,16,18). The van der Waals surface area contributed by atoms with Crippen molar-refractivity contribution >= 4 is 33.0 Å². The monoisotopic (exact) mass is 326 g/mol. The molecule has 0 aromatic carbocycles. The Morgan fingerprint density at radius 1 is 1.33 bits per heavy atom. The summed E-state index contributed by atoms with van der Waals surface area (Å²) in [5.41, 5.74) is 0.292. The minimum absolute atomic E-state index is 0.0309. The first-order chi connectivity index (χ1) is 9.94. The number of pyridine rings is 1. The largest absolute Gasteiger partial charge is 0.320 e. The highest BCUT2D eigenvalue weighted by molar-refractivity contribution is 7.91. The van der Waals surface area contributed by atoms with Crippen molar-refractivity contribution in [1.29, 1.82) is 0 Å². The van der Waals surface area contributed by atoms with E-state index < -0.39 is 20.9 Å². The van der Waals surface area contributed by atoms with Crippen molar-refractivity contribution in [3.05, 3.63) is 41.4 Å². The Labute approximate surface area is 126 Å². The number of anilines is 1.